The van der Waals surface area contributed by atoms with Crippen molar-refractivity contribution in [2.24, 2.45) is 5.73 Å². The van der Waals surface area contributed by atoms with Gasteiger partial charge in [0.25, 0.3) is 0 Å². The minimum Gasteiger partial charge on any atom is -0.342 e. The summed E-state index contributed by atoms with van der Waals surface area (Å²) in [6, 6.07) is 7.87. The molecule has 1 saturated heterocycles. The van der Waals surface area contributed by atoms with Crippen LogP contribution in [0.4, 0.5) is 0 Å². The van der Waals surface area contributed by atoms with Crippen molar-refractivity contribution in [3.05, 3.63) is 29.3 Å². The van der Waals surface area contributed by atoms with E-state index < -0.39 is 0 Å². The molecule has 0 aromatic heterocycles. The van der Waals surface area contributed by atoms with Gasteiger partial charge in [-0.15, -0.1) is 24.2 Å². The number of rotatable bonds is 3. The number of hydrogen-bond acceptors (Lipinski definition) is 3. The fraction of sp³-hybridized carbons (Fsp3) is 0.500. The molecule has 0 aliphatic carbocycles. The van der Waals surface area contributed by atoms with Crippen LogP contribution in [0.2, 0.25) is 5.02 Å². The first-order valence-corrected chi connectivity index (χ1v) is 7.79. The number of nitrogens with two attached hydrogens (primary N) is 1. The standard InChI is InChI=1S/C14H19ClN2OS.ClH/c1-10(19-13-5-3-2-4-12(13)15)14(18)17-8-6-11(16)7-9-17;/h2-5,10-11H,6-9,16H2,1H3;1H. The summed E-state index contributed by atoms with van der Waals surface area (Å²) in [7, 11) is 0. The van der Waals surface area contributed by atoms with E-state index in [0.29, 0.717) is 5.02 Å². The monoisotopic (exact) mass is 334 g/mol. The zero-order chi connectivity index (χ0) is 13.8. The Hall–Kier alpha value is -0.420. The molecule has 1 aromatic rings. The Morgan fingerprint density at radius 3 is 2.60 bits per heavy atom. The topological polar surface area (TPSA) is 46.3 Å². The minimum absolute atomic E-state index is 0. The molecule has 112 valence electrons. The second-order valence-corrected chi connectivity index (χ2v) is 6.64. The van der Waals surface area contributed by atoms with Crippen LogP contribution >= 0.6 is 35.8 Å². The fourth-order valence-electron chi connectivity index (χ4n) is 2.16. The molecule has 1 atom stereocenters. The first kappa shape index (κ1) is 17.6. The quantitative estimate of drug-likeness (QED) is 0.863. The van der Waals surface area contributed by atoms with Crippen LogP contribution in [0.1, 0.15) is 19.8 Å². The number of carbonyl (C=O) groups excluding carboxylic acids is 1. The maximum Gasteiger partial charge on any atom is 0.235 e. The zero-order valence-corrected chi connectivity index (χ0v) is 13.8. The lowest BCUT2D eigenvalue weighted by atomic mass is 10.1. The van der Waals surface area contributed by atoms with Crippen molar-refractivity contribution in [3.63, 3.8) is 0 Å². The third-order valence-corrected chi connectivity index (χ3v) is 4.95. The molecule has 6 heteroatoms. The number of halogens is 2. The average Bonchev–Trinajstić information content (AvgIpc) is 2.41. The Kier molecular flexibility index (Phi) is 7.17. The Bertz CT molecular complexity index is 451. The smallest absolute Gasteiger partial charge is 0.235 e. The highest BCUT2D eigenvalue weighted by atomic mass is 35.5. The van der Waals surface area contributed by atoms with Gasteiger partial charge in [0.05, 0.1) is 10.3 Å². The van der Waals surface area contributed by atoms with Crippen LogP contribution in [0.15, 0.2) is 29.2 Å². The van der Waals surface area contributed by atoms with Crippen LogP contribution in [0, 0.1) is 0 Å². The van der Waals surface area contributed by atoms with Crippen LogP contribution in [-0.4, -0.2) is 35.2 Å². The average molecular weight is 335 g/mol. The van der Waals surface area contributed by atoms with Gasteiger partial charge in [-0.1, -0.05) is 23.7 Å². The highest BCUT2D eigenvalue weighted by Crippen LogP contribution is 2.31. The lowest BCUT2D eigenvalue weighted by Gasteiger charge is -2.32. The van der Waals surface area contributed by atoms with E-state index in [9.17, 15) is 4.79 Å². The van der Waals surface area contributed by atoms with Crippen LogP contribution in [0.5, 0.6) is 0 Å². The number of carbonyl (C=O) groups is 1. The van der Waals surface area contributed by atoms with E-state index in [1.807, 2.05) is 36.1 Å². The summed E-state index contributed by atoms with van der Waals surface area (Å²) in [5, 5.41) is 0.585. The van der Waals surface area contributed by atoms with Gasteiger partial charge < -0.3 is 10.6 Å². The normalized spacial score (nSPS) is 17.4. The molecule has 2 N–H and O–H groups in total. The SMILES string of the molecule is CC(Sc1ccccc1Cl)C(=O)N1CCC(N)CC1.Cl. The number of amides is 1. The summed E-state index contributed by atoms with van der Waals surface area (Å²) in [5.74, 6) is 0.178. The molecular formula is C14H20Cl2N2OS. The van der Waals surface area contributed by atoms with Gasteiger partial charge in [-0.3, -0.25) is 4.79 Å². The molecule has 2 rings (SSSR count). The van der Waals surface area contributed by atoms with Crippen molar-refractivity contribution < 1.29 is 4.79 Å². The summed E-state index contributed by atoms with van der Waals surface area (Å²) in [5.41, 5.74) is 5.86. The van der Waals surface area contributed by atoms with Crippen molar-refractivity contribution in [2.45, 2.75) is 36.0 Å². The molecule has 0 spiro atoms. The Morgan fingerprint density at radius 2 is 2.00 bits per heavy atom. The fourth-order valence-corrected chi connectivity index (χ4v) is 3.40. The molecule has 1 unspecified atom stereocenters. The van der Waals surface area contributed by atoms with Gasteiger partial charge in [0.2, 0.25) is 5.91 Å². The predicted octanol–water partition coefficient (Wildman–Crippen LogP) is 3.19. The number of benzene rings is 1. The second-order valence-electron chi connectivity index (χ2n) is 4.85. The summed E-state index contributed by atoms with van der Waals surface area (Å²) in [6.07, 6.45) is 1.80. The van der Waals surface area contributed by atoms with E-state index in [1.54, 1.807) is 0 Å². The third kappa shape index (κ3) is 4.55. The van der Waals surface area contributed by atoms with E-state index in [2.05, 4.69) is 0 Å². The molecule has 3 nitrogen and oxygen atoms in total. The summed E-state index contributed by atoms with van der Waals surface area (Å²) in [4.78, 5) is 15.2. The van der Waals surface area contributed by atoms with Gasteiger partial charge in [0.15, 0.2) is 0 Å². The summed E-state index contributed by atoms with van der Waals surface area (Å²) in [6.45, 7) is 3.48. The number of hydrogen-bond donors (Lipinski definition) is 1. The maximum atomic E-state index is 12.3. The van der Waals surface area contributed by atoms with Crippen molar-refractivity contribution in [3.8, 4) is 0 Å². The largest absolute Gasteiger partial charge is 0.342 e. The van der Waals surface area contributed by atoms with Gasteiger partial charge >= 0.3 is 0 Å². The van der Waals surface area contributed by atoms with Gasteiger partial charge in [-0.05, 0) is 31.9 Å². The van der Waals surface area contributed by atoms with Crippen molar-refractivity contribution in [1.82, 2.24) is 4.90 Å². The Labute approximate surface area is 135 Å². The number of piperidine rings is 1. The Morgan fingerprint density at radius 1 is 1.40 bits per heavy atom. The number of likely N-dealkylation sites (tertiary alicyclic amines) is 1. The van der Waals surface area contributed by atoms with E-state index in [-0.39, 0.29) is 29.6 Å². The first-order chi connectivity index (χ1) is 9.08. The van der Waals surface area contributed by atoms with Crippen LogP contribution in [-0.2, 0) is 4.79 Å². The summed E-state index contributed by atoms with van der Waals surface area (Å²) >= 11 is 7.63. The van der Waals surface area contributed by atoms with E-state index >= 15 is 0 Å². The molecule has 1 aliphatic rings. The van der Waals surface area contributed by atoms with Crippen LogP contribution < -0.4 is 5.73 Å². The maximum absolute atomic E-state index is 12.3. The van der Waals surface area contributed by atoms with E-state index in [4.69, 9.17) is 17.3 Å². The lowest BCUT2D eigenvalue weighted by Crippen LogP contribution is -2.45. The molecule has 0 bridgehead atoms. The van der Waals surface area contributed by atoms with Gasteiger partial charge in [0.1, 0.15) is 0 Å². The van der Waals surface area contributed by atoms with Crippen LogP contribution in [0.3, 0.4) is 0 Å². The Balaban J connectivity index is 0.00000200. The highest BCUT2D eigenvalue weighted by Gasteiger charge is 2.25. The molecule has 1 aliphatic heterocycles. The van der Waals surface area contributed by atoms with Gasteiger partial charge in [-0.25, -0.2) is 0 Å². The zero-order valence-electron chi connectivity index (χ0n) is 11.4. The third-order valence-electron chi connectivity index (χ3n) is 3.34. The van der Waals surface area contributed by atoms with E-state index in [0.717, 1.165) is 30.8 Å². The molecule has 0 radical (unpaired) electrons. The molecule has 1 fully saturated rings. The number of thioether (sulfide) groups is 1. The van der Waals surface area contributed by atoms with Crippen molar-refractivity contribution in [1.29, 1.82) is 0 Å². The molecule has 1 heterocycles. The molecular weight excluding hydrogens is 315 g/mol. The molecule has 20 heavy (non-hydrogen) atoms. The molecule has 1 amide bonds. The molecule has 1 aromatic carbocycles. The molecule has 0 saturated carbocycles. The van der Waals surface area contributed by atoms with Gasteiger partial charge in [0, 0.05) is 24.0 Å². The predicted molar refractivity (Wildman–Crippen MR) is 87.8 cm³/mol. The number of nitrogens with zero attached hydrogens (tertiary/aromatic N) is 1. The first-order valence-electron chi connectivity index (χ1n) is 6.53. The van der Waals surface area contributed by atoms with Gasteiger partial charge in [-0.2, -0.15) is 0 Å². The summed E-state index contributed by atoms with van der Waals surface area (Å²) < 4.78 is 0. The van der Waals surface area contributed by atoms with Crippen molar-refractivity contribution in [2.75, 3.05) is 13.1 Å². The second kappa shape index (κ2) is 8.13. The minimum atomic E-state index is -0.116. The van der Waals surface area contributed by atoms with Crippen molar-refractivity contribution >= 4 is 41.7 Å². The van der Waals surface area contributed by atoms with E-state index in [1.165, 1.54) is 11.8 Å². The van der Waals surface area contributed by atoms with Crippen LogP contribution in [0.25, 0.3) is 0 Å². The highest BCUT2D eigenvalue weighted by molar-refractivity contribution is 8.00. The lowest BCUT2D eigenvalue weighted by molar-refractivity contribution is -0.131.